The number of amides is 2. The SMILES string of the molecule is Cc1cccc(C(=O)Nc2cccc(N(C)c3cncnc3)c2)c1.Cc1cccc(C(=O)Nc2cccc(N(C)c3cncnc3)c2)c1. The molecule has 0 aliphatic rings. The van der Waals surface area contributed by atoms with E-state index in [1.54, 1.807) is 36.9 Å². The molecule has 0 spiro atoms. The third-order valence-electron chi connectivity index (χ3n) is 7.41. The van der Waals surface area contributed by atoms with Gasteiger partial charge in [0.05, 0.1) is 36.2 Å². The van der Waals surface area contributed by atoms with Crippen molar-refractivity contribution in [3.05, 3.63) is 157 Å². The molecule has 10 nitrogen and oxygen atoms in total. The Kier molecular flexibility index (Phi) is 10.8. The summed E-state index contributed by atoms with van der Waals surface area (Å²) in [5.74, 6) is -0.247. The highest BCUT2D eigenvalue weighted by molar-refractivity contribution is 6.05. The summed E-state index contributed by atoms with van der Waals surface area (Å²) in [5.41, 5.74) is 8.50. The van der Waals surface area contributed by atoms with Crippen molar-refractivity contribution in [3.63, 3.8) is 0 Å². The highest BCUT2D eigenvalue weighted by Gasteiger charge is 2.10. The number of carbonyl (C=O) groups excluding carboxylic acids is 2. The Bertz CT molecular complexity index is 1840. The van der Waals surface area contributed by atoms with E-state index in [2.05, 4.69) is 30.6 Å². The van der Waals surface area contributed by atoms with Crippen LogP contribution in [-0.2, 0) is 0 Å². The predicted octanol–water partition coefficient (Wildman–Crippen LogP) is 7.61. The van der Waals surface area contributed by atoms with Crippen LogP contribution in [0.3, 0.4) is 0 Å². The van der Waals surface area contributed by atoms with Crippen LogP contribution in [-0.4, -0.2) is 45.8 Å². The first-order valence-corrected chi connectivity index (χ1v) is 15.2. The summed E-state index contributed by atoms with van der Waals surface area (Å²) in [6.45, 7) is 3.93. The normalized spacial score (nSPS) is 10.2. The third-order valence-corrected chi connectivity index (χ3v) is 7.41. The van der Waals surface area contributed by atoms with E-state index in [1.807, 2.05) is 123 Å². The monoisotopic (exact) mass is 636 g/mol. The number of benzene rings is 4. The van der Waals surface area contributed by atoms with Crippen LogP contribution < -0.4 is 20.4 Å². The van der Waals surface area contributed by atoms with Crippen LogP contribution in [0, 0.1) is 13.8 Å². The number of anilines is 6. The number of nitrogens with one attached hydrogen (secondary N) is 2. The smallest absolute Gasteiger partial charge is 0.255 e. The largest absolute Gasteiger partial charge is 0.342 e. The van der Waals surface area contributed by atoms with Gasteiger partial charge in [0.25, 0.3) is 11.8 Å². The van der Waals surface area contributed by atoms with Gasteiger partial charge in [-0.05, 0) is 74.5 Å². The molecule has 0 unspecified atom stereocenters. The van der Waals surface area contributed by atoms with Gasteiger partial charge in [-0.15, -0.1) is 0 Å². The molecule has 0 saturated carbocycles. The Morgan fingerprint density at radius 2 is 0.875 bits per heavy atom. The molecule has 2 aromatic heterocycles. The molecular formula is C38H36N8O2. The van der Waals surface area contributed by atoms with Crippen LogP contribution in [0.2, 0.25) is 0 Å². The molecule has 0 aliphatic carbocycles. The molecule has 2 heterocycles. The molecule has 6 rings (SSSR count). The van der Waals surface area contributed by atoms with Gasteiger partial charge in [0.1, 0.15) is 12.7 Å². The van der Waals surface area contributed by atoms with Gasteiger partial charge in [0.2, 0.25) is 0 Å². The van der Waals surface area contributed by atoms with E-state index in [4.69, 9.17) is 0 Å². The van der Waals surface area contributed by atoms with Crippen molar-refractivity contribution in [3.8, 4) is 0 Å². The summed E-state index contributed by atoms with van der Waals surface area (Å²) in [7, 11) is 3.86. The Hall–Kier alpha value is -6.42. The van der Waals surface area contributed by atoms with Crippen molar-refractivity contribution in [1.82, 2.24) is 19.9 Å². The first-order chi connectivity index (χ1) is 23.3. The number of aryl methyl sites for hydroxylation is 2. The summed E-state index contributed by atoms with van der Waals surface area (Å²) < 4.78 is 0. The fourth-order valence-electron chi connectivity index (χ4n) is 4.79. The lowest BCUT2D eigenvalue weighted by Crippen LogP contribution is -2.13. The second kappa shape index (κ2) is 15.7. The van der Waals surface area contributed by atoms with E-state index in [0.29, 0.717) is 11.1 Å². The third kappa shape index (κ3) is 8.85. The van der Waals surface area contributed by atoms with Crippen LogP contribution in [0.15, 0.2) is 135 Å². The minimum absolute atomic E-state index is 0.124. The van der Waals surface area contributed by atoms with Crippen LogP contribution in [0.5, 0.6) is 0 Å². The standard InChI is InChI=1S/2C19H18N4O/c2*1-14-5-3-6-15(9-14)19(24)22-16-7-4-8-17(10-16)23(2)18-11-20-13-21-12-18/h2*3-13H,1-2H3,(H,22,24). The predicted molar refractivity (Wildman–Crippen MR) is 191 cm³/mol. The zero-order chi connectivity index (χ0) is 33.9. The molecule has 0 saturated heterocycles. The summed E-state index contributed by atoms with van der Waals surface area (Å²) in [5, 5.41) is 5.87. The summed E-state index contributed by atoms with van der Waals surface area (Å²) in [4.78, 5) is 44.8. The lowest BCUT2D eigenvalue weighted by molar-refractivity contribution is 0.101. The molecular weight excluding hydrogens is 600 g/mol. The highest BCUT2D eigenvalue weighted by Crippen LogP contribution is 2.26. The molecule has 4 aromatic carbocycles. The molecule has 0 bridgehead atoms. The number of rotatable bonds is 8. The van der Waals surface area contributed by atoms with Gasteiger partial charge in [0, 0.05) is 48.0 Å². The Balaban J connectivity index is 0.000000188. The van der Waals surface area contributed by atoms with Gasteiger partial charge in [-0.1, -0.05) is 47.5 Å². The van der Waals surface area contributed by atoms with E-state index in [-0.39, 0.29) is 11.8 Å². The van der Waals surface area contributed by atoms with Gasteiger partial charge in [-0.25, -0.2) is 19.9 Å². The van der Waals surface area contributed by atoms with Crippen molar-refractivity contribution in [2.45, 2.75) is 13.8 Å². The van der Waals surface area contributed by atoms with Gasteiger partial charge < -0.3 is 20.4 Å². The van der Waals surface area contributed by atoms with E-state index in [9.17, 15) is 9.59 Å². The zero-order valence-corrected chi connectivity index (χ0v) is 27.2. The number of nitrogens with zero attached hydrogens (tertiary/aromatic N) is 6. The second-order valence-corrected chi connectivity index (χ2v) is 11.1. The fourth-order valence-corrected chi connectivity index (χ4v) is 4.79. The van der Waals surface area contributed by atoms with Crippen LogP contribution >= 0.6 is 0 Å². The van der Waals surface area contributed by atoms with Crippen LogP contribution in [0.4, 0.5) is 34.1 Å². The van der Waals surface area contributed by atoms with Crippen molar-refractivity contribution >= 4 is 45.9 Å². The maximum absolute atomic E-state index is 12.4. The van der Waals surface area contributed by atoms with Crippen molar-refractivity contribution in [2.75, 3.05) is 34.5 Å². The van der Waals surface area contributed by atoms with E-state index >= 15 is 0 Å². The lowest BCUT2D eigenvalue weighted by atomic mass is 10.1. The van der Waals surface area contributed by atoms with Crippen LogP contribution in [0.25, 0.3) is 0 Å². The maximum atomic E-state index is 12.4. The Labute approximate surface area is 280 Å². The molecule has 2 amide bonds. The fraction of sp³-hybridized carbons (Fsp3) is 0.105. The first-order valence-electron chi connectivity index (χ1n) is 15.2. The van der Waals surface area contributed by atoms with Crippen molar-refractivity contribution < 1.29 is 9.59 Å². The highest BCUT2D eigenvalue weighted by atomic mass is 16.2. The molecule has 6 aromatic rings. The van der Waals surface area contributed by atoms with Crippen molar-refractivity contribution in [1.29, 1.82) is 0 Å². The molecule has 0 fully saturated rings. The molecule has 48 heavy (non-hydrogen) atoms. The molecule has 0 atom stereocenters. The quantitative estimate of drug-likeness (QED) is 0.175. The minimum Gasteiger partial charge on any atom is -0.342 e. The average Bonchev–Trinajstić information content (AvgIpc) is 3.12. The average molecular weight is 637 g/mol. The molecule has 10 heteroatoms. The lowest BCUT2D eigenvalue weighted by Gasteiger charge is -2.19. The molecule has 0 aliphatic heterocycles. The number of hydrogen-bond donors (Lipinski definition) is 2. The number of carbonyl (C=O) groups is 2. The van der Waals surface area contributed by atoms with E-state index < -0.39 is 0 Å². The second-order valence-electron chi connectivity index (χ2n) is 11.1. The van der Waals surface area contributed by atoms with Gasteiger partial charge in [0.15, 0.2) is 0 Å². The molecule has 2 N–H and O–H groups in total. The van der Waals surface area contributed by atoms with Crippen molar-refractivity contribution in [2.24, 2.45) is 0 Å². The zero-order valence-electron chi connectivity index (χ0n) is 27.2. The Morgan fingerprint density at radius 1 is 0.500 bits per heavy atom. The van der Waals surface area contributed by atoms with Gasteiger partial charge in [-0.2, -0.15) is 0 Å². The summed E-state index contributed by atoms with van der Waals surface area (Å²) in [6, 6.07) is 30.4. The van der Waals surface area contributed by atoms with Crippen LogP contribution in [0.1, 0.15) is 31.8 Å². The maximum Gasteiger partial charge on any atom is 0.255 e. The van der Waals surface area contributed by atoms with Gasteiger partial charge >= 0.3 is 0 Å². The van der Waals surface area contributed by atoms with E-state index in [1.165, 1.54) is 12.7 Å². The summed E-state index contributed by atoms with van der Waals surface area (Å²) >= 11 is 0. The summed E-state index contributed by atoms with van der Waals surface area (Å²) in [6.07, 6.45) is 9.96. The van der Waals surface area contributed by atoms with E-state index in [0.717, 1.165) is 45.3 Å². The van der Waals surface area contributed by atoms with Gasteiger partial charge in [-0.3, -0.25) is 9.59 Å². The molecule has 0 radical (unpaired) electrons. The number of hydrogen-bond acceptors (Lipinski definition) is 8. The topological polar surface area (TPSA) is 116 Å². The minimum atomic E-state index is -0.124. The molecule has 240 valence electrons. The number of aromatic nitrogens is 4. The Morgan fingerprint density at radius 3 is 1.25 bits per heavy atom. The first kappa shape index (κ1) is 33.0.